The summed E-state index contributed by atoms with van der Waals surface area (Å²) in [4.78, 5) is 23.8. The van der Waals surface area contributed by atoms with Crippen molar-refractivity contribution in [2.45, 2.75) is 13.0 Å². The molecule has 2 rings (SSSR count). The van der Waals surface area contributed by atoms with E-state index in [0.29, 0.717) is 0 Å². The van der Waals surface area contributed by atoms with Gasteiger partial charge in [0.25, 0.3) is 5.91 Å². The number of hydrogen-bond acceptors (Lipinski definition) is 5. The van der Waals surface area contributed by atoms with Gasteiger partial charge in [-0.05, 0) is 43.3 Å². The molecular weight excluding hydrogens is 365 g/mol. The number of methoxy groups -OCH3 is 2. The molecule has 2 aromatic carbocycles. The maximum absolute atomic E-state index is 13.1. The van der Waals surface area contributed by atoms with Gasteiger partial charge in [-0.2, -0.15) is 0 Å². The minimum Gasteiger partial charge on any atom is -0.493 e. The molecule has 1 atom stereocenters. The lowest BCUT2D eigenvalue weighted by Gasteiger charge is -2.17. The third-order valence-electron chi connectivity index (χ3n) is 3.45. The molecule has 0 spiro atoms. The molecule has 26 heavy (non-hydrogen) atoms. The van der Waals surface area contributed by atoms with Crippen LogP contribution < -0.4 is 14.8 Å². The number of rotatable bonds is 6. The van der Waals surface area contributed by atoms with E-state index in [-0.39, 0.29) is 27.8 Å². The van der Waals surface area contributed by atoms with E-state index >= 15 is 0 Å². The van der Waals surface area contributed by atoms with Gasteiger partial charge < -0.3 is 19.5 Å². The van der Waals surface area contributed by atoms with Gasteiger partial charge in [0, 0.05) is 0 Å². The van der Waals surface area contributed by atoms with Crippen molar-refractivity contribution in [1.82, 2.24) is 0 Å². The largest absolute Gasteiger partial charge is 0.493 e. The molecule has 0 aliphatic heterocycles. The van der Waals surface area contributed by atoms with Crippen LogP contribution in [0.25, 0.3) is 0 Å². The molecule has 0 radical (unpaired) electrons. The Bertz CT molecular complexity index is 827. The molecular formula is C18H17ClFNO5. The molecule has 1 N–H and O–H groups in total. The van der Waals surface area contributed by atoms with E-state index in [1.54, 1.807) is 0 Å². The average molecular weight is 382 g/mol. The number of hydrogen-bond donors (Lipinski definition) is 1. The predicted molar refractivity (Wildman–Crippen MR) is 94.5 cm³/mol. The maximum atomic E-state index is 13.1. The van der Waals surface area contributed by atoms with Gasteiger partial charge in [-0.3, -0.25) is 4.79 Å². The van der Waals surface area contributed by atoms with E-state index < -0.39 is 23.8 Å². The van der Waals surface area contributed by atoms with Crippen molar-refractivity contribution in [3.05, 3.63) is 52.8 Å². The lowest BCUT2D eigenvalue weighted by molar-refractivity contribution is -0.122. The van der Waals surface area contributed by atoms with Crippen LogP contribution in [0.5, 0.6) is 11.5 Å². The minimum absolute atomic E-state index is 0.0746. The van der Waals surface area contributed by atoms with Gasteiger partial charge in [-0.25, -0.2) is 9.18 Å². The van der Waals surface area contributed by atoms with E-state index in [0.717, 1.165) is 6.07 Å². The van der Waals surface area contributed by atoms with Crippen LogP contribution in [0.1, 0.15) is 17.3 Å². The van der Waals surface area contributed by atoms with Gasteiger partial charge in [0.15, 0.2) is 17.6 Å². The molecule has 0 fully saturated rings. The Labute approximate surface area is 154 Å². The Morgan fingerprint density at radius 2 is 1.85 bits per heavy atom. The molecule has 8 heteroatoms. The highest BCUT2D eigenvalue weighted by Gasteiger charge is 2.19. The highest BCUT2D eigenvalue weighted by molar-refractivity contribution is 6.33. The summed E-state index contributed by atoms with van der Waals surface area (Å²) in [5.41, 5.74) is 0.549. The van der Waals surface area contributed by atoms with E-state index in [4.69, 9.17) is 21.1 Å². The van der Waals surface area contributed by atoms with Crippen molar-refractivity contribution >= 4 is 29.2 Å². The fourth-order valence-electron chi connectivity index (χ4n) is 2.08. The van der Waals surface area contributed by atoms with Gasteiger partial charge in [-0.15, -0.1) is 0 Å². The Hall–Kier alpha value is -2.80. The highest BCUT2D eigenvalue weighted by Crippen LogP contribution is 2.30. The van der Waals surface area contributed by atoms with Gasteiger partial charge >= 0.3 is 5.97 Å². The fourth-order valence-corrected chi connectivity index (χ4v) is 2.29. The van der Waals surface area contributed by atoms with Gasteiger partial charge in [0.05, 0.1) is 30.5 Å². The fraction of sp³-hybridized carbons (Fsp3) is 0.222. The number of anilines is 1. The number of carbonyl (C=O) groups is 2. The number of carbonyl (C=O) groups excluding carboxylic acids is 2. The van der Waals surface area contributed by atoms with Crippen LogP contribution in [0.2, 0.25) is 5.02 Å². The van der Waals surface area contributed by atoms with Crippen molar-refractivity contribution in [1.29, 1.82) is 0 Å². The third kappa shape index (κ3) is 4.64. The van der Waals surface area contributed by atoms with E-state index in [1.165, 1.54) is 51.5 Å². The first-order valence-electron chi connectivity index (χ1n) is 7.54. The maximum Gasteiger partial charge on any atom is 0.337 e. The van der Waals surface area contributed by atoms with Gasteiger partial charge in [-0.1, -0.05) is 11.6 Å². The molecule has 0 bridgehead atoms. The summed E-state index contributed by atoms with van der Waals surface area (Å²) >= 11 is 5.89. The molecule has 0 unspecified atom stereocenters. The molecule has 2 aromatic rings. The molecule has 0 heterocycles. The second-order valence-corrected chi connectivity index (χ2v) is 5.64. The molecule has 0 aliphatic carbocycles. The summed E-state index contributed by atoms with van der Waals surface area (Å²) < 4.78 is 28.5. The number of esters is 1. The normalized spacial score (nSPS) is 11.4. The van der Waals surface area contributed by atoms with Crippen LogP contribution in [0.15, 0.2) is 36.4 Å². The average Bonchev–Trinajstić information content (AvgIpc) is 2.63. The highest BCUT2D eigenvalue weighted by atomic mass is 35.5. The van der Waals surface area contributed by atoms with Crippen LogP contribution in [0.4, 0.5) is 10.1 Å². The lowest BCUT2D eigenvalue weighted by atomic mass is 10.2. The van der Waals surface area contributed by atoms with Crippen molar-refractivity contribution in [3.63, 3.8) is 0 Å². The number of nitrogens with one attached hydrogen (secondary N) is 1. The number of amides is 1. The first kappa shape index (κ1) is 19.5. The lowest BCUT2D eigenvalue weighted by Crippen LogP contribution is -2.30. The predicted octanol–water partition coefficient (Wildman–Crippen LogP) is 3.68. The Kier molecular flexibility index (Phi) is 6.41. The van der Waals surface area contributed by atoms with E-state index in [2.05, 4.69) is 10.1 Å². The first-order valence-corrected chi connectivity index (χ1v) is 7.92. The molecule has 0 aliphatic rings. The van der Waals surface area contributed by atoms with Crippen molar-refractivity contribution in [3.8, 4) is 11.5 Å². The topological polar surface area (TPSA) is 73.9 Å². The van der Waals surface area contributed by atoms with Crippen LogP contribution >= 0.6 is 11.6 Å². The summed E-state index contributed by atoms with van der Waals surface area (Å²) in [7, 11) is 2.68. The summed E-state index contributed by atoms with van der Waals surface area (Å²) in [6, 6.07) is 8.07. The monoisotopic (exact) mass is 381 g/mol. The smallest absolute Gasteiger partial charge is 0.337 e. The SMILES string of the molecule is COC(=O)c1ccc(O[C@@H](C)C(=O)Nc2ccc(F)cc2Cl)c(OC)c1. The third-order valence-corrected chi connectivity index (χ3v) is 3.76. The summed E-state index contributed by atoms with van der Waals surface area (Å²) in [5.74, 6) is -0.975. The van der Waals surface area contributed by atoms with E-state index in [9.17, 15) is 14.0 Å². The van der Waals surface area contributed by atoms with Gasteiger partial charge in [0.2, 0.25) is 0 Å². The zero-order valence-corrected chi connectivity index (χ0v) is 15.1. The Morgan fingerprint density at radius 3 is 2.46 bits per heavy atom. The number of benzene rings is 2. The zero-order chi connectivity index (χ0) is 19.3. The summed E-state index contributed by atoms with van der Waals surface area (Å²) in [5, 5.41) is 2.63. The summed E-state index contributed by atoms with van der Waals surface area (Å²) in [6.45, 7) is 1.53. The van der Waals surface area contributed by atoms with Crippen LogP contribution in [-0.2, 0) is 9.53 Å². The molecule has 0 saturated carbocycles. The van der Waals surface area contributed by atoms with Crippen molar-refractivity contribution < 1.29 is 28.2 Å². The first-order chi connectivity index (χ1) is 12.3. The van der Waals surface area contributed by atoms with E-state index in [1.807, 2.05) is 0 Å². The van der Waals surface area contributed by atoms with Crippen LogP contribution in [-0.4, -0.2) is 32.2 Å². The Morgan fingerprint density at radius 1 is 1.12 bits per heavy atom. The molecule has 6 nitrogen and oxygen atoms in total. The van der Waals surface area contributed by atoms with Crippen LogP contribution in [0, 0.1) is 5.82 Å². The minimum atomic E-state index is -0.908. The van der Waals surface area contributed by atoms with Gasteiger partial charge in [0.1, 0.15) is 5.82 Å². The molecule has 1 amide bonds. The molecule has 0 saturated heterocycles. The second-order valence-electron chi connectivity index (χ2n) is 5.23. The zero-order valence-electron chi connectivity index (χ0n) is 14.3. The summed E-state index contributed by atoms with van der Waals surface area (Å²) in [6.07, 6.45) is -0.908. The van der Waals surface area contributed by atoms with Crippen LogP contribution in [0.3, 0.4) is 0 Å². The standard InChI is InChI=1S/C18H17ClFNO5/c1-10(17(22)21-14-6-5-12(20)9-13(14)19)26-15-7-4-11(18(23)25-3)8-16(15)24-2/h4-10H,1-3H3,(H,21,22)/t10-/m0/s1. The Balaban J connectivity index is 2.11. The molecule has 138 valence electrons. The number of halogens is 2. The number of ether oxygens (including phenoxy) is 3. The van der Waals surface area contributed by atoms with Crippen molar-refractivity contribution in [2.24, 2.45) is 0 Å². The van der Waals surface area contributed by atoms with Crippen molar-refractivity contribution in [2.75, 3.05) is 19.5 Å². The second kappa shape index (κ2) is 8.53. The quantitative estimate of drug-likeness (QED) is 0.773. The molecule has 0 aromatic heterocycles.